The summed E-state index contributed by atoms with van der Waals surface area (Å²) in [6.45, 7) is 2.83. The fourth-order valence-electron chi connectivity index (χ4n) is 2.53. The van der Waals surface area contributed by atoms with E-state index in [2.05, 4.69) is 42.9 Å². The summed E-state index contributed by atoms with van der Waals surface area (Å²) in [6, 6.07) is 15.7. The maximum absolute atomic E-state index is 12.2. The molecule has 4 nitrogen and oxygen atoms in total. The van der Waals surface area contributed by atoms with E-state index in [1.807, 2.05) is 44.3 Å². The number of H-pyrrole nitrogens is 1. The minimum atomic E-state index is -0.0884. The second-order valence-electron chi connectivity index (χ2n) is 5.69. The molecule has 0 amide bonds. The highest BCUT2D eigenvalue weighted by Gasteiger charge is 2.15. The first kappa shape index (κ1) is 15.9. The van der Waals surface area contributed by atoms with Gasteiger partial charge in [-0.2, -0.15) is 0 Å². The van der Waals surface area contributed by atoms with Crippen molar-refractivity contribution in [3.63, 3.8) is 0 Å². The first-order valence-corrected chi connectivity index (χ1v) is 8.27. The van der Waals surface area contributed by atoms with Gasteiger partial charge in [0.1, 0.15) is 5.82 Å². The molecule has 1 N–H and O–H groups in total. The second-order valence-corrected chi connectivity index (χ2v) is 6.60. The van der Waals surface area contributed by atoms with Crippen LogP contribution in [-0.4, -0.2) is 21.9 Å². The van der Waals surface area contributed by atoms with Crippen molar-refractivity contribution in [3.05, 3.63) is 74.7 Å². The summed E-state index contributed by atoms with van der Waals surface area (Å²) >= 11 is 3.44. The molecule has 0 bridgehead atoms. The van der Waals surface area contributed by atoms with Crippen LogP contribution in [0, 0.1) is 0 Å². The van der Waals surface area contributed by atoms with Gasteiger partial charge in [-0.1, -0.05) is 40.2 Å². The van der Waals surface area contributed by atoms with Crippen LogP contribution in [-0.2, 0) is 6.54 Å². The Labute approximate surface area is 143 Å². The minimum Gasteiger partial charge on any atom is -0.309 e. The molecular formula is C18H18BrN3O. The molecule has 0 radical (unpaired) electrons. The number of nitrogens with zero attached hydrogens (tertiary/aromatic N) is 2. The molecule has 3 rings (SSSR count). The van der Waals surface area contributed by atoms with Crippen molar-refractivity contribution in [2.24, 2.45) is 0 Å². The molecule has 5 heteroatoms. The van der Waals surface area contributed by atoms with Crippen LogP contribution in [0.2, 0.25) is 0 Å². The number of hydrogen-bond acceptors (Lipinski definition) is 3. The highest BCUT2D eigenvalue weighted by atomic mass is 79.9. The van der Waals surface area contributed by atoms with Gasteiger partial charge in [0.15, 0.2) is 0 Å². The lowest BCUT2D eigenvalue weighted by Crippen LogP contribution is -2.26. The zero-order valence-corrected chi connectivity index (χ0v) is 14.7. The Hall–Kier alpha value is -1.98. The predicted molar refractivity (Wildman–Crippen MR) is 96.4 cm³/mol. The molecule has 0 aliphatic heterocycles. The molecule has 2 aromatic carbocycles. The fourth-order valence-corrected chi connectivity index (χ4v) is 2.79. The summed E-state index contributed by atoms with van der Waals surface area (Å²) in [6.07, 6.45) is 0. The summed E-state index contributed by atoms with van der Waals surface area (Å²) < 4.78 is 1.07. The number of aromatic nitrogens is 2. The number of rotatable bonds is 4. The summed E-state index contributed by atoms with van der Waals surface area (Å²) in [7, 11) is 2.03. The molecule has 1 aromatic heterocycles. The van der Waals surface area contributed by atoms with Gasteiger partial charge in [0.2, 0.25) is 0 Å². The summed E-state index contributed by atoms with van der Waals surface area (Å²) in [5, 5.41) is 0.624. The normalized spacial score (nSPS) is 12.7. The van der Waals surface area contributed by atoms with Gasteiger partial charge >= 0.3 is 0 Å². The molecule has 1 unspecified atom stereocenters. The minimum absolute atomic E-state index is 0.0101. The lowest BCUT2D eigenvalue weighted by atomic mass is 10.2. The van der Waals surface area contributed by atoms with Gasteiger partial charge in [-0.25, -0.2) is 4.98 Å². The van der Waals surface area contributed by atoms with Crippen molar-refractivity contribution >= 4 is 26.8 Å². The summed E-state index contributed by atoms with van der Waals surface area (Å²) in [4.78, 5) is 21.9. The van der Waals surface area contributed by atoms with Gasteiger partial charge in [-0.05, 0) is 43.8 Å². The van der Waals surface area contributed by atoms with Gasteiger partial charge in [0.25, 0.3) is 5.56 Å². The van der Waals surface area contributed by atoms with Crippen LogP contribution in [0.4, 0.5) is 0 Å². The van der Waals surface area contributed by atoms with Crippen molar-refractivity contribution in [1.29, 1.82) is 0 Å². The summed E-state index contributed by atoms with van der Waals surface area (Å²) in [5.41, 5.74) is 1.86. The SMILES string of the molecule is CC(c1nc2ccccc2c(=O)[nH]1)N(C)Cc1ccc(Br)cc1. The second kappa shape index (κ2) is 6.64. The Kier molecular flexibility index (Phi) is 4.59. The van der Waals surface area contributed by atoms with E-state index in [1.165, 1.54) is 5.56 Å². The lowest BCUT2D eigenvalue weighted by molar-refractivity contribution is 0.244. The van der Waals surface area contributed by atoms with Crippen molar-refractivity contribution in [2.75, 3.05) is 7.05 Å². The van der Waals surface area contributed by atoms with E-state index < -0.39 is 0 Å². The molecule has 3 aromatic rings. The van der Waals surface area contributed by atoms with Crippen molar-refractivity contribution in [2.45, 2.75) is 19.5 Å². The van der Waals surface area contributed by atoms with Crippen LogP contribution in [0.1, 0.15) is 24.4 Å². The molecule has 0 spiro atoms. The third-order valence-electron chi connectivity index (χ3n) is 4.03. The van der Waals surface area contributed by atoms with Crippen LogP contribution in [0.3, 0.4) is 0 Å². The van der Waals surface area contributed by atoms with E-state index in [0.29, 0.717) is 11.2 Å². The number of hydrogen-bond donors (Lipinski definition) is 1. The van der Waals surface area contributed by atoms with Gasteiger partial charge in [0, 0.05) is 11.0 Å². The van der Waals surface area contributed by atoms with Crippen LogP contribution >= 0.6 is 15.9 Å². The maximum atomic E-state index is 12.2. The smallest absolute Gasteiger partial charge is 0.258 e. The molecule has 1 heterocycles. The molecule has 23 heavy (non-hydrogen) atoms. The van der Waals surface area contributed by atoms with E-state index in [0.717, 1.165) is 16.5 Å². The number of halogens is 1. The van der Waals surface area contributed by atoms with E-state index in [1.54, 1.807) is 6.07 Å². The largest absolute Gasteiger partial charge is 0.309 e. The Morgan fingerprint density at radius 3 is 2.61 bits per heavy atom. The van der Waals surface area contributed by atoms with Gasteiger partial charge in [-0.3, -0.25) is 9.69 Å². The van der Waals surface area contributed by atoms with Crippen LogP contribution in [0.15, 0.2) is 57.8 Å². The molecule has 118 valence electrons. The number of aromatic amines is 1. The Bertz CT molecular complexity index is 873. The number of fused-ring (bicyclic) bond motifs is 1. The zero-order chi connectivity index (χ0) is 16.4. The quantitative estimate of drug-likeness (QED) is 0.756. The Morgan fingerprint density at radius 1 is 1.17 bits per heavy atom. The Balaban J connectivity index is 1.85. The van der Waals surface area contributed by atoms with Crippen molar-refractivity contribution < 1.29 is 0 Å². The zero-order valence-electron chi connectivity index (χ0n) is 13.1. The monoisotopic (exact) mass is 371 g/mol. The van der Waals surface area contributed by atoms with Crippen molar-refractivity contribution in [1.82, 2.24) is 14.9 Å². The first-order chi connectivity index (χ1) is 11.0. The lowest BCUT2D eigenvalue weighted by Gasteiger charge is -2.24. The van der Waals surface area contributed by atoms with Crippen molar-refractivity contribution in [3.8, 4) is 0 Å². The number of nitrogens with one attached hydrogen (secondary N) is 1. The average molecular weight is 372 g/mol. The third kappa shape index (κ3) is 3.51. The third-order valence-corrected chi connectivity index (χ3v) is 4.56. The maximum Gasteiger partial charge on any atom is 0.258 e. The van der Waals surface area contributed by atoms with E-state index in [4.69, 9.17) is 0 Å². The molecule has 0 saturated carbocycles. The molecule has 0 aliphatic carbocycles. The molecule has 0 saturated heterocycles. The molecule has 0 fully saturated rings. The predicted octanol–water partition coefficient (Wildman–Crippen LogP) is 3.88. The highest BCUT2D eigenvalue weighted by Crippen LogP contribution is 2.19. The van der Waals surface area contributed by atoms with Gasteiger partial charge in [-0.15, -0.1) is 0 Å². The number of benzene rings is 2. The van der Waals surface area contributed by atoms with Gasteiger partial charge < -0.3 is 4.98 Å². The first-order valence-electron chi connectivity index (χ1n) is 7.48. The van der Waals surface area contributed by atoms with Crippen LogP contribution in [0.5, 0.6) is 0 Å². The molecule has 1 atom stereocenters. The van der Waals surface area contributed by atoms with E-state index >= 15 is 0 Å². The van der Waals surface area contributed by atoms with E-state index in [-0.39, 0.29) is 11.6 Å². The Morgan fingerprint density at radius 2 is 1.87 bits per heavy atom. The van der Waals surface area contributed by atoms with E-state index in [9.17, 15) is 4.79 Å². The summed E-state index contributed by atoms with van der Waals surface area (Å²) in [5.74, 6) is 0.688. The molecule has 0 aliphatic rings. The van der Waals surface area contributed by atoms with Crippen LogP contribution in [0.25, 0.3) is 10.9 Å². The number of para-hydroxylation sites is 1. The molecular weight excluding hydrogens is 354 g/mol. The fraction of sp³-hybridized carbons (Fsp3) is 0.222. The average Bonchev–Trinajstić information content (AvgIpc) is 2.56. The van der Waals surface area contributed by atoms with Gasteiger partial charge in [0.05, 0.1) is 16.9 Å². The highest BCUT2D eigenvalue weighted by molar-refractivity contribution is 9.10. The van der Waals surface area contributed by atoms with Crippen LogP contribution < -0.4 is 5.56 Å². The standard InChI is InChI=1S/C18H18BrN3O/c1-12(22(2)11-13-7-9-14(19)10-8-13)17-20-16-6-4-3-5-15(16)18(23)21-17/h3-10,12H,11H2,1-2H3,(H,20,21,23). The topological polar surface area (TPSA) is 49.0 Å².